The molecule has 0 radical (unpaired) electrons. The van der Waals surface area contributed by atoms with Crippen LogP contribution in [0.25, 0.3) is 0 Å². The molecule has 3 N–H and O–H groups in total. The molecule has 0 aliphatic heterocycles. The monoisotopic (exact) mass is 248 g/mol. The molecule has 0 spiro atoms. The molecule has 0 aromatic heterocycles. The molecule has 0 saturated carbocycles. The van der Waals surface area contributed by atoms with Crippen molar-refractivity contribution in [2.75, 3.05) is 12.3 Å². The van der Waals surface area contributed by atoms with Gasteiger partial charge in [-0.3, -0.25) is 15.3 Å². The Kier molecular flexibility index (Phi) is 9.03. The van der Waals surface area contributed by atoms with E-state index in [-0.39, 0.29) is 11.8 Å². The van der Waals surface area contributed by atoms with Crippen molar-refractivity contribution < 1.29 is 14.3 Å². The maximum absolute atomic E-state index is 11.3. The fourth-order valence-electron chi connectivity index (χ4n) is 1.08. The van der Waals surface area contributed by atoms with Gasteiger partial charge in [0.2, 0.25) is 5.91 Å². The molecule has 0 fully saturated rings. The Morgan fingerprint density at radius 2 is 2.25 bits per heavy atom. The van der Waals surface area contributed by atoms with Crippen LogP contribution in [0.4, 0.5) is 0 Å². The molecule has 16 heavy (non-hydrogen) atoms. The smallest absolute Gasteiger partial charge is 0.294 e. The third-order valence-electron chi connectivity index (χ3n) is 2.17. The van der Waals surface area contributed by atoms with Gasteiger partial charge in [-0.05, 0) is 19.3 Å². The molecule has 0 aliphatic carbocycles. The number of nitrogens with two attached hydrogens (primary N) is 1. The highest BCUT2D eigenvalue weighted by Gasteiger charge is 2.09. The average Bonchev–Trinajstić information content (AvgIpc) is 2.27. The zero-order chi connectivity index (χ0) is 12.4. The zero-order valence-electron chi connectivity index (χ0n) is 9.52. The molecule has 0 saturated heterocycles. The number of rotatable bonds is 9. The van der Waals surface area contributed by atoms with Crippen LogP contribution in [-0.2, 0) is 14.3 Å². The predicted octanol–water partition coefficient (Wildman–Crippen LogP) is 0.297. The summed E-state index contributed by atoms with van der Waals surface area (Å²) in [7, 11) is 0. The van der Waals surface area contributed by atoms with Crippen molar-refractivity contribution in [3.8, 4) is 0 Å². The van der Waals surface area contributed by atoms with Crippen molar-refractivity contribution >= 4 is 25.0 Å². The van der Waals surface area contributed by atoms with E-state index in [1.165, 1.54) is 0 Å². The van der Waals surface area contributed by atoms with Crippen molar-refractivity contribution in [3.05, 3.63) is 0 Å². The van der Waals surface area contributed by atoms with E-state index in [2.05, 4.69) is 22.7 Å². The topological polar surface area (TPSA) is 81.4 Å². The van der Waals surface area contributed by atoms with Crippen LogP contribution in [-0.4, -0.2) is 30.9 Å². The van der Waals surface area contributed by atoms with Gasteiger partial charge in [0.1, 0.15) is 0 Å². The zero-order valence-corrected chi connectivity index (χ0v) is 10.4. The molecule has 0 heterocycles. The summed E-state index contributed by atoms with van der Waals surface area (Å²) in [4.78, 5) is 21.3. The Balaban J connectivity index is 3.39. The number of thiol groups is 1. The van der Waals surface area contributed by atoms with Crippen molar-refractivity contribution in [1.82, 2.24) is 5.32 Å². The third-order valence-corrected chi connectivity index (χ3v) is 2.71. The largest absolute Gasteiger partial charge is 0.449 e. The van der Waals surface area contributed by atoms with Crippen molar-refractivity contribution in [3.63, 3.8) is 0 Å². The lowest BCUT2D eigenvalue weighted by Gasteiger charge is -2.11. The van der Waals surface area contributed by atoms with Crippen LogP contribution in [0, 0.1) is 5.92 Å². The van der Waals surface area contributed by atoms with Gasteiger partial charge in [0.15, 0.2) is 6.23 Å². The van der Waals surface area contributed by atoms with E-state index in [0.29, 0.717) is 25.2 Å². The first-order valence-electron chi connectivity index (χ1n) is 5.35. The lowest BCUT2D eigenvalue weighted by molar-refractivity contribution is -0.133. The van der Waals surface area contributed by atoms with Gasteiger partial charge in [-0.15, -0.1) is 0 Å². The molecule has 5 nitrogen and oxygen atoms in total. The first-order chi connectivity index (χ1) is 7.61. The van der Waals surface area contributed by atoms with E-state index in [4.69, 9.17) is 5.73 Å². The molecular weight excluding hydrogens is 228 g/mol. The standard InChI is InChI=1S/C10H20N2O3S/c1-8(6-16)10(14)12-5-3-2-4-9(11)15-7-13/h7-9,16H,2-6,11H2,1H3,(H,12,14)/t8-,9-/m1/s1. The second kappa shape index (κ2) is 9.47. The minimum absolute atomic E-state index is 0.0171. The quantitative estimate of drug-likeness (QED) is 0.237. The van der Waals surface area contributed by atoms with Gasteiger partial charge in [0, 0.05) is 18.2 Å². The fourth-order valence-corrected chi connectivity index (χ4v) is 1.24. The van der Waals surface area contributed by atoms with Crippen molar-refractivity contribution in [2.45, 2.75) is 32.4 Å². The Morgan fingerprint density at radius 1 is 1.56 bits per heavy atom. The van der Waals surface area contributed by atoms with Crippen molar-refractivity contribution in [1.29, 1.82) is 0 Å². The molecule has 0 aliphatic rings. The molecule has 0 aromatic carbocycles. The van der Waals surface area contributed by atoms with Crippen LogP contribution in [0.15, 0.2) is 0 Å². The summed E-state index contributed by atoms with van der Waals surface area (Å²) >= 11 is 4.04. The molecule has 6 heteroatoms. The molecular formula is C10H20N2O3S. The van der Waals surface area contributed by atoms with Gasteiger partial charge in [0.25, 0.3) is 6.47 Å². The highest BCUT2D eigenvalue weighted by molar-refractivity contribution is 7.80. The van der Waals surface area contributed by atoms with Gasteiger partial charge in [-0.1, -0.05) is 6.92 Å². The number of hydrogen-bond acceptors (Lipinski definition) is 5. The average molecular weight is 248 g/mol. The fraction of sp³-hybridized carbons (Fsp3) is 0.800. The van der Waals surface area contributed by atoms with Crippen LogP contribution in [0.5, 0.6) is 0 Å². The maximum Gasteiger partial charge on any atom is 0.294 e. The van der Waals surface area contributed by atoms with E-state index in [1.807, 2.05) is 6.92 Å². The summed E-state index contributed by atoms with van der Waals surface area (Å²) in [6.45, 7) is 2.79. The van der Waals surface area contributed by atoms with Crippen LogP contribution >= 0.6 is 12.6 Å². The number of carbonyl (C=O) groups excluding carboxylic acids is 2. The highest BCUT2D eigenvalue weighted by atomic mass is 32.1. The highest BCUT2D eigenvalue weighted by Crippen LogP contribution is 2.00. The Morgan fingerprint density at radius 3 is 2.81 bits per heavy atom. The summed E-state index contributed by atoms with van der Waals surface area (Å²) in [5.41, 5.74) is 5.45. The van der Waals surface area contributed by atoms with E-state index in [9.17, 15) is 9.59 Å². The number of amides is 1. The van der Waals surface area contributed by atoms with Crippen LogP contribution < -0.4 is 11.1 Å². The summed E-state index contributed by atoms with van der Waals surface area (Å²) in [6, 6.07) is 0. The van der Waals surface area contributed by atoms with E-state index < -0.39 is 6.23 Å². The van der Waals surface area contributed by atoms with Gasteiger partial charge in [-0.25, -0.2) is 0 Å². The van der Waals surface area contributed by atoms with Gasteiger partial charge in [0.05, 0.1) is 0 Å². The molecule has 0 bridgehead atoms. The Bertz CT molecular complexity index is 214. The molecule has 0 aromatic rings. The number of carbonyl (C=O) groups is 2. The predicted molar refractivity (Wildman–Crippen MR) is 65.0 cm³/mol. The van der Waals surface area contributed by atoms with Crippen LogP contribution in [0.1, 0.15) is 26.2 Å². The maximum atomic E-state index is 11.3. The SMILES string of the molecule is C[C@H](CS)C(=O)NCCCC[C@H](N)OC=O. The minimum atomic E-state index is -0.537. The number of nitrogens with one attached hydrogen (secondary N) is 1. The van der Waals surface area contributed by atoms with E-state index in [1.54, 1.807) is 0 Å². The molecule has 0 rings (SSSR count). The Labute approximate surface area is 102 Å². The van der Waals surface area contributed by atoms with Crippen molar-refractivity contribution in [2.24, 2.45) is 11.7 Å². The summed E-state index contributed by atoms with van der Waals surface area (Å²) in [6.07, 6.45) is 1.70. The first kappa shape index (κ1) is 15.2. The first-order valence-corrected chi connectivity index (χ1v) is 5.98. The lowest BCUT2D eigenvalue weighted by atomic mass is 10.2. The number of unbranched alkanes of at least 4 members (excludes halogenated alkanes) is 1. The van der Waals surface area contributed by atoms with Crippen LogP contribution in [0.2, 0.25) is 0 Å². The van der Waals surface area contributed by atoms with Gasteiger partial charge >= 0.3 is 0 Å². The molecule has 1 amide bonds. The Hall–Kier alpha value is -0.750. The van der Waals surface area contributed by atoms with E-state index in [0.717, 1.165) is 12.8 Å². The van der Waals surface area contributed by atoms with E-state index >= 15 is 0 Å². The molecule has 2 atom stereocenters. The third kappa shape index (κ3) is 7.53. The summed E-state index contributed by atoms with van der Waals surface area (Å²) in [5.74, 6) is 0.497. The number of ether oxygens (including phenoxy) is 1. The summed E-state index contributed by atoms with van der Waals surface area (Å²) < 4.78 is 4.52. The molecule has 94 valence electrons. The van der Waals surface area contributed by atoms with Gasteiger partial charge in [-0.2, -0.15) is 12.6 Å². The number of hydrogen-bond donors (Lipinski definition) is 3. The molecule has 0 unspecified atom stereocenters. The normalized spacial score (nSPS) is 13.9. The summed E-state index contributed by atoms with van der Waals surface area (Å²) in [5, 5.41) is 2.80. The lowest BCUT2D eigenvalue weighted by Crippen LogP contribution is -2.31. The second-order valence-electron chi connectivity index (χ2n) is 3.64. The van der Waals surface area contributed by atoms with Gasteiger partial charge < -0.3 is 10.1 Å². The second-order valence-corrected chi connectivity index (χ2v) is 4.01. The minimum Gasteiger partial charge on any atom is -0.449 e. The van der Waals surface area contributed by atoms with Crippen LogP contribution in [0.3, 0.4) is 0 Å².